The van der Waals surface area contributed by atoms with Gasteiger partial charge in [0.05, 0.1) is 0 Å². The van der Waals surface area contributed by atoms with E-state index in [4.69, 9.17) is 0 Å². The van der Waals surface area contributed by atoms with E-state index in [1.165, 1.54) is 196 Å². The second-order valence-electron chi connectivity index (χ2n) is 10.6. The summed E-state index contributed by atoms with van der Waals surface area (Å²) in [5.74, 6) is 0. The van der Waals surface area contributed by atoms with Gasteiger partial charge in [-0.1, -0.05) is 156 Å². The summed E-state index contributed by atoms with van der Waals surface area (Å²) in [5, 5.41) is 0. The van der Waals surface area contributed by atoms with Crippen molar-refractivity contribution in [3.63, 3.8) is 0 Å². The summed E-state index contributed by atoms with van der Waals surface area (Å²) < 4.78 is 0. The molecule has 0 saturated carbocycles. The summed E-state index contributed by atoms with van der Waals surface area (Å²) in [7, 11) is 2.51. The van der Waals surface area contributed by atoms with Gasteiger partial charge in [-0.15, -0.1) is 17.2 Å². The Balaban J connectivity index is -0.000000569. The molecule has 0 aliphatic carbocycles. The van der Waals surface area contributed by atoms with Gasteiger partial charge >= 0.3 is 0 Å². The zero-order valence-corrected chi connectivity index (χ0v) is 28.1. The van der Waals surface area contributed by atoms with E-state index in [0.717, 1.165) is 0 Å². The molecule has 0 saturated heterocycles. The average molecular weight is 576 g/mol. The van der Waals surface area contributed by atoms with Crippen molar-refractivity contribution in [2.45, 2.75) is 182 Å². The quantitative estimate of drug-likeness (QED) is 0.0495. The summed E-state index contributed by atoms with van der Waals surface area (Å²) >= 11 is 0. The smallest absolute Gasteiger partial charge is 0 e. The van der Waals surface area contributed by atoms with E-state index in [1.54, 1.807) is 0 Å². The third-order valence-electron chi connectivity index (χ3n) is 6.83. The zero-order chi connectivity index (χ0) is 25.2. The van der Waals surface area contributed by atoms with E-state index in [9.17, 15) is 0 Å². The maximum Gasteiger partial charge on any atom is 0 e. The molecule has 0 spiro atoms. The van der Waals surface area contributed by atoms with Crippen LogP contribution in [0.1, 0.15) is 182 Å². The molecule has 0 atom stereocenters. The van der Waals surface area contributed by atoms with Crippen LogP contribution in [0.2, 0.25) is 0 Å². The van der Waals surface area contributed by atoms with Gasteiger partial charge in [0.1, 0.15) is 0 Å². The molecule has 3 heteroatoms. The molecule has 0 fully saturated rings. The number of rotatable bonds is 28. The molecular formula is C32H70NiP2. The van der Waals surface area contributed by atoms with E-state index >= 15 is 0 Å². The molecule has 0 bridgehead atoms. The van der Waals surface area contributed by atoms with Gasteiger partial charge < -0.3 is 0 Å². The second-order valence-corrected chi connectivity index (χ2v) is 13.6. The summed E-state index contributed by atoms with van der Waals surface area (Å²) in [6.45, 7) is 9.17. The molecule has 0 unspecified atom stereocenters. The fourth-order valence-electron chi connectivity index (χ4n) is 4.37. The van der Waals surface area contributed by atoms with Gasteiger partial charge in [0.15, 0.2) is 0 Å². The molecule has 35 heavy (non-hydrogen) atoms. The van der Waals surface area contributed by atoms with Crippen LogP contribution in [0.5, 0.6) is 0 Å². The van der Waals surface area contributed by atoms with Crippen LogP contribution in [0.25, 0.3) is 0 Å². The predicted octanol–water partition coefficient (Wildman–Crippen LogP) is 12.8. The van der Waals surface area contributed by atoms with Crippen LogP contribution < -0.4 is 0 Å². The predicted molar refractivity (Wildman–Crippen MR) is 170 cm³/mol. The van der Waals surface area contributed by atoms with Gasteiger partial charge in [0.25, 0.3) is 0 Å². The Labute approximate surface area is 239 Å². The minimum Gasteiger partial charge on any atom is -0.122 e. The first-order valence-electron chi connectivity index (χ1n) is 16.2. The minimum atomic E-state index is 0. The molecule has 0 aromatic rings. The van der Waals surface area contributed by atoms with Crippen molar-refractivity contribution >= 4 is 17.2 Å². The molecule has 0 aromatic heterocycles. The second kappa shape index (κ2) is 42.4. The van der Waals surface area contributed by atoms with Crippen molar-refractivity contribution in [1.82, 2.24) is 0 Å². The molecular weight excluding hydrogens is 505 g/mol. The maximum absolute atomic E-state index is 2.29. The standard InChI is InChI=1S/2C16H35P.Ni/c2*1-3-5-7-9-11-13-15-17-16-14-12-10-8-6-4-2;/h2*17H,3-16H2,1-2H3;. The first-order valence-corrected chi connectivity index (χ1v) is 19.1. The van der Waals surface area contributed by atoms with Gasteiger partial charge in [0, 0.05) is 16.5 Å². The summed E-state index contributed by atoms with van der Waals surface area (Å²) in [6.07, 6.45) is 41.1. The Hall–Kier alpha value is 1.35. The number of hydrogen-bond donors (Lipinski definition) is 0. The van der Waals surface area contributed by atoms with Crippen LogP contribution >= 0.6 is 17.2 Å². The van der Waals surface area contributed by atoms with E-state index < -0.39 is 0 Å². The molecule has 0 rings (SSSR count). The molecule has 0 aromatic carbocycles. The third-order valence-corrected chi connectivity index (χ3v) is 9.66. The minimum absolute atomic E-state index is 0. The molecule has 0 nitrogen and oxygen atoms in total. The zero-order valence-electron chi connectivity index (χ0n) is 25.1. The van der Waals surface area contributed by atoms with Crippen molar-refractivity contribution < 1.29 is 16.5 Å². The van der Waals surface area contributed by atoms with Crippen LogP contribution in [0, 0.1) is 0 Å². The van der Waals surface area contributed by atoms with Gasteiger partial charge in [-0.3, -0.25) is 0 Å². The van der Waals surface area contributed by atoms with Crippen molar-refractivity contribution in [3.8, 4) is 0 Å². The Morgan fingerprint density at radius 2 is 0.429 bits per heavy atom. The van der Waals surface area contributed by atoms with Gasteiger partial charge in [0.2, 0.25) is 0 Å². The van der Waals surface area contributed by atoms with E-state index in [1.807, 2.05) is 0 Å². The molecule has 0 radical (unpaired) electrons. The molecule has 218 valence electrons. The summed E-state index contributed by atoms with van der Waals surface area (Å²) in [6, 6.07) is 0. The average Bonchev–Trinajstić information content (AvgIpc) is 2.85. The van der Waals surface area contributed by atoms with Crippen LogP contribution in [0.15, 0.2) is 0 Å². The monoisotopic (exact) mass is 574 g/mol. The summed E-state index contributed by atoms with van der Waals surface area (Å²) in [4.78, 5) is 0. The van der Waals surface area contributed by atoms with Crippen LogP contribution in [-0.2, 0) is 16.5 Å². The molecule has 0 aliphatic rings. The normalized spacial score (nSPS) is 10.6. The largest absolute Gasteiger partial charge is 0.122 e. The maximum atomic E-state index is 2.29. The molecule has 0 N–H and O–H groups in total. The van der Waals surface area contributed by atoms with Crippen molar-refractivity contribution in [2.75, 3.05) is 24.6 Å². The Morgan fingerprint density at radius 3 is 0.629 bits per heavy atom. The third kappa shape index (κ3) is 45.6. The van der Waals surface area contributed by atoms with E-state index in [0.29, 0.717) is 0 Å². The molecule has 0 amide bonds. The first-order chi connectivity index (χ1) is 16.8. The van der Waals surface area contributed by atoms with Crippen LogP contribution in [-0.4, -0.2) is 24.6 Å². The van der Waals surface area contributed by atoms with Gasteiger partial charge in [-0.05, 0) is 50.3 Å². The molecule has 0 heterocycles. The SMILES string of the molecule is CCCCCCCCPCCCCCCCC.CCCCCCCCPCCCCCCCC.[Ni]. The van der Waals surface area contributed by atoms with Gasteiger partial charge in [-0.25, -0.2) is 0 Å². The summed E-state index contributed by atoms with van der Waals surface area (Å²) in [5.41, 5.74) is 0. The number of unbranched alkanes of at least 4 members (excludes halogenated alkanes) is 20. The van der Waals surface area contributed by atoms with Crippen LogP contribution in [0.3, 0.4) is 0 Å². The van der Waals surface area contributed by atoms with Crippen molar-refractivity contribution in [2.24, 2.45) is 0 Å². The van der Waals surface area contributed by atoms with Gasteiger partial charge in [-0.2, -0.15) is 0 Å². The van der Waals surface area contributed by atoms with E-state index in [2.05, 4.69) is 27.7 Å². The molecule has 0 aliphatic heterocycles. The van der Waals surface area contributed by atoms with Crippen molar-refractivity contribution in [1.29, 1.82) is 0 Å². The Bertz CT molecular complexity index is 254. The first kappa shape index (κ1) is 40.8. The van der Waals surface area contributed by atoms with Crippen LogP contribution in [0.4, 0.5) is 0 Å². The number of hydrogen-bond acceptors (Lipinski definition) is 0. The fourth-order valence-corrected chi connectivity index (χ4v) is 6.87. The fraction of sp³-hybridized carbons (Fsp3) is 1.00. The Kier molecular flexibility index (Phi) is 49.5. The Morgan fingerprint density at radius 1 is 0.257 bits per heavy atom. The van der Waals surface area contributed by atoms with Crippen molar-refractivity contribution in [3.05, 3.63) is 0 Å². The van der Waals surface area contributed by atoms with E-state index in [-0.39, 0.29) is 16.5 Å². The topological polar surface area (TPSA) is 0 Å².